The molecule has 2 aromatic rings. The number of nitrogens with zero attached hydrogens (tertiary/aromatic N) is 2. The third kappa shape index (κ3) is 6.33. The number of benzene rings is 2. The summed E-state index contributed by atoms with van der Waals surface area (Å²) < 4.78 is 42.3. The molecular formula is C21H25N3O8S. The number of nitro benzene ring substituents is 1. The van der Waals surface area contributed by atoms with Crippen molar-refractivity contribution in [2.75, 3.05) is 40.0 Å². The van der Waals surface area contributed by atoms with Crippen LogP contribution in [0.4, 0.5) is 5.69 Å². The van der Waals surface area contributed by atoms with Crippen molar-refractivity contribution in [2.45, 2.75) is 17.7 Å². The lowest BCUT2D eigenvalue weighted by Gasteiger charge is -2.15. The number of nitro groups is 1. The minimum absolute atomic E-state index is 0.0329. The van der Waals surface area contributed by atoms with Crippen molar-refractivity contribution < 1.29 is 32.3 Å². The summed E-state index contributed by atoms with van der Waals surface area (Å²) in [7, 11) is -2.16. The number of amides is 1. The average Bonchev–Trinajstić information content (AvgIpc) is 3.36. The van der Waals surface area contributed by atoms with Gasteiger partial charge in [0.25, 0.3) is 5.91 Å². The van der Waals surface area contributed by atoms with Crippen molar-refractivity contribution in [1.82, 2.24) is 9.62 Å². The van der Waals surface area contributed by atoms with Crippen molar-refractivity contribution in [3.05, 3.63) is 52.6 Å². The second kappa shape index (κ2) is 11.0. The molecule has 0 saturated carbocycles. The van der Waals surface area contributed by atoms with E-state index in [1.54, 1.807) is 12.1 Å². The lowest BCUT2D eigenvalue weighted by atomic mass is 10.3. The van der Waals surface area contributed by atoms with Crippen LogP contribution in [0.25, 0.3) is 0 Å². The highest BCUT2D eigenvalue weighted by Crippen LogP contribution is 2.30. The van der Waals surface area contributed by atoms with Crippen LogP contribution >= 0.6 is 0 Å². The quantitative estimate of drug-likeness (QED) is 0.293. The van der Waals surface area contributed by atoms with Gasteiger partial charge in [0.05, 0.1) is 23.5 Å². The molecule has 1 fully saturated rings. The average molecular weight is 480 g/mol. The first-order valence-corrected chi connectivity index (χ1v) is 11.7. The molecule has 11 nitrogen and oxygen atoms in total. The third-order valence-corrected chi connectivity index (χ3v) is 6.85. The highest BCUT2D eigenvalue weighted by molar-refractivity contribution is 7.89. The smallest absolute Gasteiger partial charge is 0.311 e. The Kier molecular flexibility index (Phi) is 8.06. The van der Waals surface area contributed by atoms with E-state index in [0.717, 1.165) is 12.8 Å². The van der Waals surface area contributed by atoms with Gasteiger partial charge in [-0.15, -0.1) is 0 Å². The fourth-order valence-electron chi connectivity index (χ4n) is 3.24. The molecule has 12 heteroatoms. The monoisotopic (exact) mass is 479 g/mol. The topological polar surface area (TPSA) is 137 Å². The van der Waals surface area contributed by atoms with Gasteiger partial charge >= 0.3 is 5.69 Å². The molecule has 0 radical (unpaired) electrons. The molecular weight excluding hydrogens is 454 g/mol. The number of ether oxygens (including phenoxy) is 3. The van der Waals surface area contributed by atoms with Gasteiger partial charge in [-0.1, -0.05) is 0 Å². The first-order chi connectivity index (χ1) is 15.8. The van der Waals surface area contributed by atoms with Gasteiger partial charge in [0.2, 0.25) is 15.8 Å². The van der Waals surface area contributed by atoms with Gasteiger partial charge in [-0.2, -0.15) is 4.31 Å². The molecule has 3 rings (SSSR count). The van der Waals surface area contributed by atoms with Gasteiger partial charge in [0.1, 0.15) is 18.1 Å². The van der Waals surface area contributed by atoms with Crippen LogP contribution in [0.5, 0.6) is 17.2 Å². The predicted molar refractivity (Wildman–Crippen MR) is 118 cm³/mol. The summed E-state index contributed by atoms with van der Waals surface area (Å²) >= 11 is 0. The first-order valence-electron chi connectivity index (χ1n) is 10.3. The minimum atomic E-state index is -3.47. The van der Waals surface area contributed by atoms with Gasteiger partial charge < -0.3 is 19.5 Å². The lowest BCUT2D eigenvalue weighted by molar-refractivity contribution is -0.385. The molecule has 1 N–H and O–H groups in total. The molecule has 0 aliphatic carbocycles. The SMILES string of the molecule is COc1cc(OCC(=O)NCCOc2ccc(S(=O)(=O)N3CCCC3)cc2)ccc1[N+](=O)[O-]. The van der Waals surface area contributed by atoms with Crippen molar-refractivity contribution in [2.24, 2.45) is 0 Å². The van der Waals surface area contributed by atoms with Gasteiger partial charge in [-0.3, -0.25) is 14.9 Å². The lowest BCUT2D eigenvalue weighted by Crippen LogP contribution is -2.32. The van der Waals surface area contributed by atoms with E-state index in [4.69, 9.17) is 14.2 Å². The van der Waals surface area contributed by atoms with Crippen LogP contribution in [0.2, 0.25) is 0 Å². The number of hydrogen-bond acceptors (Lipinski definition) is 8. The summed E-state index contributed by atoms with van der Waals surface area (Å²) in [5.74, 6) is 0.375. The molecule has 0 aromatic heterocycles. The zero-order chi connectivity index (χ0) is 23.8. The molecule has 1 aliphatic rings. The molecule has 0 atom stereocenters. The van der Waals surface area contributed by atoms with Gasteiger partial charge in [-0.05, 0) is 43.2 Å². The zero-order valence-corrected chi connectivity index (χ0v) is 18.9. The summed E-state index contributed by atoms with van der Waals surface area (Å²) in [6, 6.07) is 10.1. The highest BCUT2D eigenvalue weighted by atomic mass is 32.2. The number of hydrogen-bond donors (Lipinski definition) is 1. The Hall–Kier alpha value is -3.38. The predicted octanol–water partition coefficient (Wildman–Crippen LogP) is 1.96. The Morgan fingerprint density at radius 2 is 1.76 bits per heavy atom. The van der Waals surface area contributed by atoms with E-state index >= 15 is 0 Å². The number of nitrogens with one attached hydrogen (secondary N) is 1. The summed E-state index contributed by atoms with van der Waals surface area (Å²) in [4.78, 5) is 22.5. The minimum Gasteiger partial charge on any atom is -0.492 e. The Morgan fingerprint density at radius 1 is 1.09 bits per heavy atom. The van der Waals surface area contributed by atoms with Crippen molar-refractivity contribution in [3.8, 4) is 17.2 Å². The summed E-state index contributed by atoms with van der Waals surface area (Å²) in [5, 5.41) is 13.5. The number of carbonyl (C=O) groups excluding carboxylic acids is 1. The molecule has 178 valence electrons. The molecule has 1 amide bonds. The maximum absolute atomic E-state index is 12.5. The maximum atomic E-state index is 12.5. The van der Waals surface area contributed by atoms with E-state index < -0.39 is 20.9 Å². The molecule has 0 unspecified atom stereocenters. The number of sulfonamides is 1. The van der Waals surface area contributed by atoms with Crippen LogP contribution in [0.15, 0.2) is 47.4 Å². The molecule has 0 bridgehead atoms. The largest absolute Gasteiger partial charge is 0.492 e. The third-order valence-electron chi connectivity index (χ3n) is 4.94. The van der Waals surface area contributed by atoms with Crippen LogP contribution in [0.1, 0.15) is 12.8 Å². The zero-order valence-electron chi connectivity index (χ0n) is 18.1. The van der Waals surface area contributed by atoms with Gasteiger partial charge in [0.15, 0.2) is 6.61 Å². The van der Waals surface area contributed by atoms with E-state index in [1.165, 1.54) is 41.7 Å². The molecule has 1 heterocycles. The Balaban J connectivity index is 1.40. The van der Waals surface area contributed by atoms with E-state index in [-0.39, 0.29) is 41.8 Å². The molecule has 2 aromatic carbocycles. The summed E-state index contributed by atoms with van der Waals surface area (Å²) in [6.07, 6.45) is 1.75. The normalized spacial score (nSPS) is 14.0. The number of methoxy groups -OCH3 is 1. The van der Waals surface area contributed by atoms with E-state index in [9.17, 15) is 23.3 Å². The Labute approximate surface area is 191 Å². The maximum Gasteiger partial charge on any atom is 0.311 e. The molecule has 33 heavy (non-hydrogen) atoms. The molecule has 1 aliphatic heterocycles. The molecule has 1 saturated heterocycles. The van der Waals surface area contributed by atoms with Crippen LogP contribution in [-0.4, -0.2) is 63.5 Å². The fourth-order valence-corrected chi connectivity index (χ4v) is 4.76. The van der Waals surface area contributed by atoms with Crippen LogP contribution in [-0.2, 0) is 14.8 Å². The number of carbonyl (C=O) groups is 1. The van der Waals surface area contributed by atoms with Crippen molar-refractivity contribution in [3.63, 3.8) is 0 Å². The van der Waals surface area contributed by atoms with Crippen LogP contribution < -0.4 is 19.5 Å². The van der Waals surface area contributed by atoms with Crippen LogP contribution in [0.3, 0.4) is 0 Å². The van der Waals surface area contributed by atoms with Crippen molar-refractivity contribution >= 4 is 21.6 Å². The highest BCUT2D eigenvalue weighted by Gasteiger charge is 2.26. The van der Waals surface area contributed by atoms with Gasteiger partial charge in [0, 0.05) is 25.2 Å². The Morgan fingerprint density at radius 3 is 2.39 bits per heavy atom. The standard InChI is InChI=1S/C21H25N3O8S/c1-30-20-14-17(6-9-19(20)24(26)27)32-15-21(25)22-10-13-31-16-4-7-18(8-5-16)33(28,29)23-11-2-3-12-23/h4-9,14H,2-3,10-13,15H2,1H3,(H,22,25). The second-order valence-electron chi connectivity index (χ2n) is 7.16. The Bertz CT molecular complexity index is 1080. The summed E-state index contributed by atoms with van der Waals surface area (Å²) in [5.41, 5.74) is -0.201. The fraction of sp³-hybridized carbons (Fsp3) is 0.381. The van der Waals surface area contributed by atoms with Gasteiger partial charge in [-0.25, -0.2) is 8.42 Å². The summed E-state index contributed by atoms with van der Waals surface area (Å²) in [6.45, 7) is 1.18. The van der Waals surface area contributed by atoms with E-state index in [2.05, 4.69) is 5.32 Å². The van der Waals surface area contributed by atoms with Crippen molar-refractivity contribution in [1.29, 1.82) is 0 Å². The van der Waals surface area contributed by atoms with E-state index in [0.29, 0.717) is 18.8 Å². The number of rotatable bonds is 11. The molecule has 0 spiro atoms. The first kappa shape index (κ1) is 24.3. The van der Waals surface area contributed by atoms with Crippen LogP contribution in [0, 0.1) is 10.1 Å². The second-order valence-corrected chi connectivity index (χ2v) is 9.10. The van der Waals surface area contributed by atoms with E-state index in [1.807, 2.05) is 0 Å².